The molecule has 3 aromatic rings. The molecule has 0 unspecified atom stereocenters. The lowest BCUT2D eigenvalue weighted by Crippen LogP contribution is -2.16. The number of aromatic nitrogens is 3. The van der Waals surface area contributed by atoms with E-state index in [1.807, 2.05) is 31.2 Å². The lowest BCUT2D eigenvalue weighted by Gasteiger charge is -2.05. The molecule has 0 aliphatic heterocycles. The Morgan fingerprint density at radius 3 is 2.54 bits per heavy atom. The van der Waals surface area contributed by atoms with E-state index in [-0.39, 0.29) is 5.95 Å². The maximum atomic E-state index is 12.4. The Balaban J connectivity index is 1.80. The number of rotatable bonds is 6. The van der Waals surface area contributed by atoms with Crippen molar-refractivity contribution >= 4 is 21.7 Å². The Morgan fingerprint density at radius 1 is 1.15 bits per heavy atom. The van der Waals surface area contributed by atoms with Gasteiger partial charge in [-0.1, -0.05) is 42.0 Å². The Bertz CT molecular complexity index is 1040. The number of hydrogen-bond donors (Lipinski definition) is 1. The Kier molecular flexibility index (Phi) is 4.67. The number of benzene rings is 2. The first kappa shape index (κ1) is 17.5. The molecule has 0 saturated heterocycles. The number of nitrogens with zero attached hydrogens (tertiary/aromatic N) is 4. The second-order valence-electron chi connectivity index (χ2n) is 5.58. The highest BCUT2D eigenvalue weighted by atomic mass is 32.2. The van der Waals surface area contributed by atoms with Gasteiger partial charge in [0.15, 0.2) is 4.90 Å². The molecule has 0 fully saturated rings. The van der Waals surface area contributed by atoms with Crippen LogP contribution >= 0.6 is 0 Å². The molecule has 0 radical (unpaired) electrons. The number of sulfonamides is 1. The zero-order valence-electron chi connectivity index (χ0n) is 13.7. The molecule has 0 atom stereocenters. The van der Waals surface area contributed by atoms with E-state index in [9.17, 15) is 18.5 Å². The SMILES string of the molecule is Cc1ccc(Cn2cnc(NS(=O)(=O)c3ccccc3[N+](=O)[O-])n2)cc1. The van der Waals surface area contributed by atoms with E-state index >= 15 is 0 Å². The van der Waals surface area contributed by atoms with E-state index < -0.39 is 25.5 Å². The molecule has 1 heterocycles. The number of hydrogen-bond acceptors (Lipinski definition) is 6. The van der Waals surface area contributed by atoms with Crippen LogP contribution in [0.15, 0.2) is 59.8 Å². The number of nitrogens with one attached hydrogen (secondary N) is 1. The molecule has 1 N–H and O–H groups in total. The predicted molar refractivity (Wildman–Crippen MR) is 94.2 cm³/mol. The maximum absolute atomic E-state index is 12.4. The zero-order chi connectivity index (χ0) is 18.7. The summed E-state index contributed by atoms with van der Waals surface area (Å²) in [6.45, 7) is 2.40. The van der Waals surface area contributed by atoms with Gasteiger partial charge < -0.3 is 0 Å². The van der Waals surface area contributed by atoms with Crippen molar-refractivity contribution in [2.24, 2.45) is 0 Å². The fraction of sp³-hybridized carbons (Fsp3) is 0.125. The molecule has 2 aromatic carbocycles. The normalized spacial score (nSPS) is 11.3. The first-order valence-corrected chi connectivity index (χ1v) is 9.05. The summed E-state index contributed by atoms with van der Waals surface area (Å²) in [5.74, 6) is -0.157. The van der Waals surface area contributed by atoms with E-state index in [1.54, 1.807) is 0 Å². The Hall–Kier alpha value is -3.27. The average Bonchev–Trinajstić information content (AvgIpc) is 3.03. The number of anilines is 1. The van der Waals surface area contributed by atoms with Crippen LogP contribution in [-0.2, 0) is 16.6 Å². The van der Waals surface area contributed by atoms with Gasteiger partial charge in [0.25, 0.3) is 21.7 Å². The molecule has 134 valence electrons. The fourth-order valence-corrected chi connectivity index (χ4v) is 3.43. The van der Waals surface area contributed by atoms with Gasteiger partial charge in [0.1, 0.15) is 6.33 Å². The molecule has 26 heavy (non-hydrogen) atoms. The van der Waals surface area contributed by atoms with Crippen molar-refractivity contribution in [1.29, 1.82) is 0 Å². The van der Waals surface area contributed by atoms with Crippen LogP contribution in [0.2, 0.25) is 0 Å². The van der Waals surface area contributed by atoms with Gasteiger partial charge in [-0.3, -0.25) is 10.1 Å². The monoisotopic (exact) mass is 373 g/mol. The fourth-order valence-electron chi connectivity index (χ4n) is 2.31. The second-order valence-corrected chi connectivity index (χ2v) is 7.23. The van der Waals surface area contributed by atoms with Crippen LogP contribution in [-0.4, -0.2) is 28.1 Å². The standard InChI is InChI=1S/C16H15N5O4S/c1-12-6-8-13(9-7-12)10-20-11-17-16(18-20)19-26(24,25)15-5-3-2-4-14(15)21(22)23/h2-9,11H,10H2,1H3,(H,18,19). The highest BCUT2D eigenvalue weighted by Crippen LogP contribution is 2.24. The first-order chi connectivity index (χ1) is 12.3. The van der Waals surface area contributed by atoms with E-state index in [0.29, 0.717) is 6.54 Å². The van der Waals surface area contributed by atoms with Crippen molar-refractivity contribution in [3.05, 3.63) is 76.1 Å². The van der Waals surface area contributed by atoms with Crippen molar-refractivity contribution < 1.29 is 13.3 Å². The molecule has 1 aromatic heterocycles. The smallest absolute Gasteiger partial charge is 0.258 e. The molecular weight excluding hydrogens is 358 g/mol. The highest BCUT2D eigenvalue weighted by molar-refractivity contribution is 7.92. The molecule has 3 rings (SSSR count). The zero-order valence-corrected chi connectivity index (χ0v) is 14.5. The van der Waals surface area contributed by atoms with Crippen LogP contribution in [0.25, 0.3) is 0 Å². The molecule has 0 aliphatic carbocycles. The number of aryl methyl sites for hydroxylation is 1. The van der Waals surface area contributed by atoms with Crippen LogP contribution < -0.4 is 4.72 Å². The maximum Gasteiger partial charge on any atom is 0.289 e. The third-order valence-corrected chi connectivity index (χ3v) is 4.95. The lowest BCUT2D eigenvalue weighted by atomic mass is 10.1. The highest BCUT2D eigenvalue weighted by Gasteiger charge is 2.26. The van der Waals surface area contributed by atoms with Gasteiger partial charge in [-0.05, 0) is 18.6 Å². The molecular formula is C16H15N5O4S. The van der Waals surface area contributed by atoms with Crippen LogP contribution in [0, 0.1) is 17.0 Å². The molecule has 10 heteroatoms. The average molecular weight is 373 g/mol. The third kappa shape index (κ3) is 3.86. The van der Waals surface area contributed by atoms with Gasteiger partial charge >= 0.3 is 0 Å². The van der Waals surface area contributed by atoms with E-state index in [4.69, 9.17) is 0 Å². The van der Waals surface area contributed by atoms with Crippen molar-refractivity contribution in [1.82, 2.24) is 14.8 Å². The van der Waals surface area contributed by atoms with Gasteiger partial charge in [-0.15, -0.1) is 5.10 Å². The van der Waals surface area contributed by atoms with E-state index in [1.165, 1.54) is 23.1 Å². The lowest BCUT2D eigenvalue weighted by molar-refractivity contribution is -0.387. The molecule has 9 nitrogen and oxygen atoms in total. The van der Waals surface area contributed by atoms with E-state index in [2.05, 4.69) is 14.8 Å². The molecule has 0 amide bonds. The summed E-state index contributed by atoms with van der Waals surface area (Å²) in [5.41, 5.74) is 1.60. The van der Waals surface area contributed by atoms with Crippen molar-refractivity contribution in [3.63, 3.8) is 0 Å². The Labute approximate surface area is 149 Å². The first-order valence-electron chi connectivity index (χ1n) is 7.56. The summed E-state index contributed by atoms with van der Waals surface area (Å²) in [6, 6.07) is 12.9. The Morgan fingerprint density at radius 2 is 1.85 bits per heavy atom. The molecule has 0 bridgehead atoms. The third-order valence-electron chi connectivity index (χ3n) is 3.58. The predicted octanol–water partition coefficient (Wildman–Crippen LogP) is 2.34. The van der Waals surface area contributed by atoms with Gasteiger partial charge in [-0.25, -0.2) is 17.8 Å². The minimum absolute atomic E-state index is 0.157. The molecule has 0 saturated carbocycles. The summed E-state index contributed by atoms with van der Waals surface area (Å²) in [6.07, 6.45) is 1.39. The number of nitro benzene ring substituents is 1. The minimum atomic E-state index is -4.18. The van der Waals surface area contributed by atoms with Gasteiger partial charge in [-0.2, -0.15) is 4.98 Å². The van der Waals surface area contributed by atoms with Crippen LogP contribution in [0.4, 0.5) is 11.6 Å². The minimum Gasteiger partial charge on any atom is -0.258 e. The van der Waals surface area contributed by atoms with Crippen LogP contribution in [0.3, 0.4) is 0 Å². The van der Waals surface area contributed by atoms with Crippen LogP contribution in [0.5, 0.6) is 0 Å². The van der Waals surface area contributed by atoms with Crippen LogP contribution in [0.1, 0.15) is 11.1 Å². The van der Waals surface area contributed by atoms with Gasteiger partial charge in [0, 0.05) is 6.07 Å². The van der Waals surface area contributed by atoms with Gasteiger partial charge in [0.05, 0.1) is 11.5 Å². The summed E-state index contributed by atoms with van der Waals surface area (Å²) >= 11 is 0. The summed E-state index contributed by atoms with van der Waals surface area (Å²) in [5, 5.41) is 15.1. The quantitative estimate of drug-likeness (QED) is 0.523. The van der Waals surface area contributed by atoms with Crippen molar-refractivity contribution in [2.75, 3.05) is 4.72 Å². The number of nitro groups is 1. The number of para-hydroxylation sites is 1. The summed E-state index contributed by atoms with van der Waals surface area (Å²) in [4.78, 5) is 13.7. The topological polar surface area (TPSA) is 120 Å². The summed E-state index contributed by atoms with van der Waals surface area (Å²) < 4.78 is 28.5. The summed E-state index contributed by atoms with van der Waals surface area (Å²) in [7, 11) is -4.18. The second kappa shape index (κ2) is 6.92. The molecule has 0 aliphatic rings. The molecule has 0 spiro atoms. The van der Waals surface area contributed by atoms with E-state index in [0.717, 1.165) is 23.3 Å². The van der Waals surface area contributed by atoms with Crippen molar-refractivity contribution in [2.45, 2.75) is 18.4 Å². The largest absolute Gasteiger partial charge is 0.289 e. The van der Waals surface area contributed by atoms with Crippen molar-refractivity contribution in [3.8, 4) is 0 Å². The van der Waals surface area contributed by atoms with Gasteiger partial charge in [0.2, 0.25) is 0 Å².